The Hall–Kier alpha value is -0.710. The Bertz CT molecular complexity index is 599. The van der Waals surface area contributed by atoms with E-state index in [0.29, 0.717) is 10.9 Å². The minimum atomic E-state index is -0.673. The van der Waals surface area contributed by atoms with Crippen LogP contribution >= 0.6 is 31.9 Å². The summed E-state index contributed by atoms with van der Waals surface area (Å²) >= 11 is 6.66. The smallest absolute Gasteiger partial charge is 0.137 e. The van der Waals surface area contributed by atoms with Gasteiger partial charge in [0, 0.05) is 10.9 Å². The minimum absolute atomic E-state index is 0.312. The second-order valence-corrected chi connectivity index (χ2v) is 6.11. The van der Waals surface area contributed by atoms with Crippen LogP contribution in [0.4, 0.5) is 4.39 Å². The molecule has 2 rings (SSSR count). The van der Waals surface area contributed by atoms with Crippen molar-refractivity contribution in [2.45, 2.75) is 19.4 Å². The van der Waals surface area contributed by atoms with Crippen molar-refractivity contribution in [1.82, 2.24) is 0 Å². The van der Waals surface area contributed by atoms with Crippen molar-refractivity contribution in [3.8, 4) is 0 Å². The molecule has 0 spiro atoms. The normalized spacial score (nSPS) is 12.5. The summed E-state index contributed by atoms with van der Waals surface area (Å²) in [4.78, 5) is 0. The van der Waals surface area contributed by atoms with Gasteiger partial charge in [-0.25, -0.2) is 4.39 Å². The summed E-state index contributed by atoms with van der Waals surface area (Å²) in [5, 5.41) is 10.3. The molecule has 1 unspecified atom stereocenters. The van der Waals surface area contributed by atoms with Crippen molar-refractivity contribution >= 4 is 31.9 Å². The van der Waals surface area contributed by atoms with Crippen LogP contribution in [0, 0.1) is 12.7 Å². The van der Waals surface area contributed by atoms with Crippen molar-refractivity contribution in [2.75, 3.05) is 0 Å². The van der Waals surface area contributed by atoms with Gasteiger partial charge in [0.05, 0.1) is 10.6 Å². The monoisotopic (exact) mass is 386 g/mol. The van der Waals surface area contributed by atoms with Gasteiger partial charge in [0.15, 0.2) is 0 Å². The zero-order valence-electron chi connectivity index (χ0n) is 10.3. The Morgan fingerprint density at radius 2 is 1.95 bits per heavy atom. The fourth-order valence-corrected chi connectivity index (χ4v) is 3.11. The highest BCUT2D eigenvalue weighted by Crippen LogP contribution is 2.30. The van der Waals surface area contributed by atoms with Crippen molar-refractivity contribution in [2.24, 2.45) is 0 Å². The van der Waals surface area contributed by atoms with Crippen LogP contribution in [0.25, 0.3) is 0 Å². The predicted octanol–water partition coefficient (Wildman–Crippen LogP) is 4.94. The van der Waals surface area contributed by atoms with E-state index < -0.39 is 6.10 Å². The molecule has 1 N–H and O–H groups in total. The molecule has 2 aromatic carbocycles. The third-order valence-electron chi connectivity index (χ3n) is 2.96. The lowest BCUT2D eigenvalue weighted by Gasteiger charge is -2.14. The Balaban J connectivity index is 2.25. The Morgan fingerprint density at radius 3 is 2.63 bits per heavy atom. The van der Waals surface area contributed by atoms with E-state index >= 15 is 0 Å². The molecule has 2 aromatic rings. The van der Waals surface area contributed by atoms with Gasteiger partial charge < -0.3 is 5.11 Å². The molecule has 0 amide bonds. The van der Waals surface area contributed by atoms with Crippen LogP contribution < -0.4 is 0 Å². The topological polar surface area (TPSA) is 20.2 Å². The highest BCUT2D eigenvalue weighted by Gasteiger charge is 2.15. The first-order valence-electron chi connectivity index (χ1n) is 5.86. The second-order valence-electron chi connectivity index (χ2n) is 4.46. The van der Waals surface area contributed by atoms with Crippen LogP contribution in [0.1, 0.15) is 22.8 Å². The number of aliphatic hydroxyl groups is 1. The fraction of sp³-hybridized carbons (Fsp3) is 0.200. The maximum absolute atomic E-state index is 13.4. The average molecular weight is 388 g/mol. The lowest BCUT2D eigenvalue weighted by Crippen LogP contribution is -2.04. The van der Waals surface area contributed by atoms with Crippen molar-refractivity contribution < 1.29 is 9.50 Å². The van der Waals surface area contributed by atoms with Crippen molar-refractivity contribution in [1.29, 1.82) is 0 Å². The molecule has 19 heavy (non-hydrogen) atoms. The van der Waals surface area contributed by atoms with Gasteiger partial charge in [-0.3, -0.25) is 0 Å². The molecule has 0 bridgehead atoms. The SMILES string of the molecule is Cc1ccc(C(O)Cc2cccc(F)c2Br)c(Br)c1. The molecule has 1 nitrogen and oxygen atoms in total. The standard InChI is InChI=1S/C15H13Br2FO/c1-9-5-6-11(12(16)7-9)14(19)8-10-3-2-4-13(18)15(10)17/h2-7,14,19H,8H2,1H3. The number of hydrogen-bond donors (Lipinski definition) is 1. The summed E-state index contributed by atoms with van der Waals surface area (Å²) in [6, 6.07) is 10.6. The van der Waals surface area contributed by atoms with Gasteiger partial charge in [0.2, 0.25) is 0 Å². The molecule has 0 aliphatic heterocycles. The average Bonchev–Trinajstić information content (AvgIpc) is 2.34. The third-order valence-corrected chi connectivity index (χ3v) is 4.53. The highest BCUT2D eigenvalue weighted by molar-refractivity contribution is 9.10. The van der Waals surface area contributed by atoms with E-state index in [1.165, 1.54) is 6.07 Å². The quantitative estimate of drug-likeness (QED) is 0.791. The van der Waals surface area contributed by atoms with E-state index in [1.807, 2.05) is 25.1 Å². The molecular weight excluding hydrogens is 375 g/mol. The van der Waals surface area contributed by atoms with Crippen LogP contribution in [0.5, 0.6) is 0 Å². The summed E-state index contributed by atoms with van der Waals surface area (Å²) in [5.41, 5.74) is 2.68. The lowest BCUT2D eigenvalue weighted by atomic mass is 10.0. The van der Waals surface area contributed by atoms with E-state index in [2.05, 4.69) is 31.9 Å². The molecule has 0 aliphatic rings. The van der Waals surface area contributed by atoms with E-state index in [1.54, 1.807) is 12.1 Å². The van der Waals surface area contributed by atoms with E-state index in [0.717, 1.165) is 21.2 Å². The summed E-state index contributed by atoms with van der Waals surface area (Å²) in [6.07, 6.45) is -0.312. The zero-order valence-corrected chi connectivity index (χ0v) is 13.5. The molecule has 100 valence electrons. The van der Waals surface area contributed by atoms with Crippen LogP contribution in [0.15, 0.2) is 45.3 Å². The van der Waals surface area contributed by atoms with Crippen molar-refractivity contribution in [3.63, 3.8) is 0 Å². The van der Waals surface area contributed by atoms with Gasteiger partial charge in [-0.1, -0.05) is 40.2 Å². The summed E-state index contributed by atoms with van der Waals surface area (Å²) in [7, 11) is 0. The Labute approximate surface area is 128 Å². The first kappa shape index (κ1) is 14.7. The fourth-order valence-electron chi connectivity index (χ4n) is 1.93. The molecule has 1 atom stereocenters. The summed E-state index contributed by atoms with van der Waals surface area (Å²) in [5.74, 6) is -0.312. The Kier molecular flexibility index (Phi) is 4.76. The summed E-state index contributed by atoms with van der Waals surface area (Å²) in [6.45, 7) is 1.99. The van der Waals surface area contributed by atoms with Gasteiger partial charge in [-0.15, -0.1) is 0 Å². The van der Waals surface area contributed by atoms with Gasteiger partial charge >= 0.3 is 0 Å². The molecule has 0 fully saturated rings. The first-order valence-corrected chi connectivity index (χ1v) is 7.44. The molecule has 0 radical (unpaired) electrons. The van der Waals surface area contributed by atoms with E-state index in [-0.39, 0.29) is 5.82 Å². The van der Waals surface area contributed by atoms with Gasteiger partial charge in [-0.2, -0.15) is 0 Å². The highest BCUT2D eigenvalue weighted by atomic mass is 79.9. The zero-order chi connectivity index (χ0) is 14.0. The van der Waals surface area contributed by atoms with Crippen LogP contribution in [-0.4, -0.2) is 5.11 Å². The molecule has 0 heterocycles. The predicted molar refractivity (Wildman–Crippen MR) is 81.6 cm³/mol. The Morgan fingerprint density at radius 1 is 1.21 bits per heavy atom. The van der Waals surface area contributed by atoms with Crippen LogP contribution in [0.3, 0.4) is 0 Å². The van der Waals surface area contributed by atoms with Crippen LogP contribution in [0.2, 0.25) is 0 Å². The van der Waals surface area contributed by atoms with Crippen LogP contribution in [-0.2, 0) is 6.42 Å². The first-order chi connectivity index (χ1) is 8.99. The number of halogens is 3. The largest absolute Gasteiger partial charge is 0.388 e. The van der Waals surface area contributed by atoms with Gasteiger partial charge in [-0.05, 0) is 51.7 Å². The molecule has 4 heteroatoms. The molecule has 0 saturated heterocycles. The van der Waals surface area contributed by atoms with Gasteiger partial charge in [0.1, 0.15) is 5.82 Å². The minimum Gasteiger partial charge on any atom is -0.388 e. The lowest BCUT2D eigenvalue weighted by molar-refractivity contribution is 0.177. The number of benzene rings is 2. The second kappa shape index (κ2) is 6.16. The maximum Gasteiger partial charge on any atom is 0.137 e. The van der Waals surface area contributed by atoms with E-state index in [9.17, 15) is 9.50 Å². The molecular formula is C15H13Br2FO. The van der Waals surface area contributed by atoms with Gasteiger partial charge in [0.25, 0.3) is 0 Å². The number of rotatable bonds is 3. The molecule has 0 aromatic heterocycles. The number of aryl methyl sites for hydroxylation is 1. The third kappa shape index (κ3) is 3.44. The number of hydrogen-bond acceptors (Lipinski definition) is 1. The number of aliphatic hydroxyl groups excluding tert-OH is 1. The summed E-state index contributed by atoms with van der Waals surface area (Å²) < 4.78 is 14.7. The molecule has 0 saturated carbocycles. The van der Waals surface area contributed by atoms with E-state index in [4.69, 9.17) is 0 Å². The maximum atomic E-state index is 13.4. The van der Waals surface area contributed by atoms with Crippen molar-refractivity contribution in [3.05, 3.63) is 67.9 Å². The molecule has 0 aliphatic carbocycles.